The highest BCUT2D eigenvalue weighted by atomic mass is 16.2. The van der Waals surface area contributed by atoms with Gasteiger partial charge in [-0.25, -0.2) is 0 Å². The van der Waals surface area contributed by atoms with Crippen LogP contribution in [0.5, 0.6) is 0 Å². The minimum absolute atomic E-state index is 0.249. The lowest BCUT2D eigenvalue weighted by molar-refractivity contribution is -0.140. The third kappa shape index (κ3) is 2.96. The second kappa shape index (κ2) is 6.25. The Kier molecular flexibility index (Phi) is 4.88. The highest BCUT2D eigenvalue weighted by Crippen LogP contribution is 2.32. The zero-order valence-corrected chi connectivity index (χ0v) is 12.9. The summed E-state index contributed by atoms with van der Waals surface area (Å²) in [5, 5.41) is 3.51. The van der Waals surface area contributed by atoms with Gasteiger partial charge in [0.25, 0.3) is 0 Å². The van der Waals surface area contributed by atoms with Crippen molar-refractivity contribution in [2.75, 3.05) is 13.6 Å². The van der Waals surface area contributed by atoms with Gasteiger partial charge >= 0.3 is 0 Å². The van der Waals surface area contributed by atoms with E-state index in [1.54, 1.807) is 0 Å². The first-order valence-electron chi connectivity index (χ1n) is 8.13. The van der Waals surface area contributed by atoms with Crippen molar-refractivity contribution in [2.45, 2.75) is 76.8 Å². The topological polar surface area (TPSA) is 32.3 Å². The maximum absolute atomic E-state index is 13.0. The fourth-order valence-corrected chi connectivity index (χ4v) is 4.10. The second-order valence-electron chi connectivity index (χ2n) is 6.61. The molecule has 19 heavy (non-hydrogen) atoms. The van der Waals surface area contributed by atoms with Gasteiger partial charge in [-0.2, -0.15) is 0 Å². The van der Waals surface area contributed by atoms with Crippen LogP contribution in [0.3, 0.4) is 0 Å². The van der Waals surface area contributed by atoms with E-state index in [1.165, 1.54) is 25.7 Å². The van der Waals surface area contributed by atoms with Gasteiger partial charge < -0.3 is 10.2 Å². The summed E-state index contributed by atoms with van der Waals surface area (Å²) >= 11 is 0. The number of hydrogen-bond acceptors (Lipinski definition) is 2. The highest BCUT2D eigenvalue weighted by Gasteiger charge is 2.43. The molecule has 1 amide bonds. The van der Waals surface area contributed by atoms with E-state index in [9.17, 15) is 4.79 Å². The Bertz CT molecular complexity index is 310. The molecule has 0 aromatic heterocycles. The Morgan fingerprint density at radius 3 is 2.63 bits per heavy atom. The number of nitrogens with zero attached hydrogens (tertiary/aromatic N) is 1. The molecule has 2 fully saturated rings. The molecule has 3 unspecified atom stereocenters. The molecular formula is C16H30N2O. The zero-order valence-electron chi connectivity index (χ0n) is 12.9. The summed E-state index contributed by atoms with van der Waals surface area (Å²) in [5.74, 6) is 1.01. The van der Waals surface area contributed by atoms with Crippen molar-refractivity contribution in [3.63, 3.8) is 0 Å². The van der Waals surface area contributed by atoms with Crippen molar-refractivity contribution in [3.05, 3.63) is 0 Å². The summed E-state index contributed by atoms with van der Waals surface area (Å²) in [6.07, 6.45) is 9.29. The summed E-state index contributed by atoms with van der Waals surface area (Å²) in [6, 6.07) is 0.456. The van der Waals surface area contributed by atoms with Crippen LogP contribution in [0.15, 0.2) is 0 Å². The average Bonchev–Trinajstić information content (AvgIpc) is 2.88. The molecule has 3 atom stereocenters. The Hall–Kier alpha value is -0.570. The number of likely N-dealkylation sites (N-methyl/N-ethyl adjacent to an activating group) is 1. The van der Waals surface area contributed by atoms with E-state index in [0.717, 1.165) is 32.2 Å². The lowest BCUT2D eigenvalue weighted by Gasteiger charge is -2.41. The third-order valence-corrected chi connectivity index (χ3v) is 5.21. The Labute approximate surface area is 118 Å². The number of carbonyl (C=O) groups is 1. The van der Waals surface area contributed by atoms with Crippen molar-refractivity contribution in [2.24, 2.45) is 5.92 Å². The maximum Gasteiger partial charge on any atom is 0.242 e. The summed E-state index contributed by atoms with van der Waals surface area (Å²) in [7, 11) is 2.03. The first-order valence-corrected chi connectivity index (χ1v) is 8.13. The predicted molar refractivity (Wildman–Crippen MR) is 79.1 cm³/mol. The fraction of sp³-hybridized carbons (Fsp3) is 0.938. The molecule has 1 N–H and O–H groups in total. The molecular weight excluding hydrogens is 236 g/mol. The summed E-state index contributed by atoms with van der Waals surface area (Å²) in [6.45, 7) is 5.49. The lowest BCUT2D eigenvalue weighted by Crippen LogP contribution is -2.57. The van der Waals surface area contributed by atoms with E-state index < -0.39 is 0 Å². The van der Waals surface area contributed by atoms with Crippen molar-refractivity contribution in [3.8, 4) is 0 Å². The molecule has 0 radical (unpaired) electrons. The number of rotatable bonds is 4. The van der Waals surface area contributed by atoms with Gasteiger partial charge in [0.2, 0.25) is 5.91 Å². The van der Waals surface area contributed by atoms with Crippen molar-refractivity contribution in [1.29, 1.82) is 0 Å². The van der Waals surface area contributed by atoms with Gasteiger partial charge in [0.1, 0.15) is 0 Å². The van der Waals surface area contributed by atoms with Crippen LogP contribution in [0.2, 0.25) is 0 Å². The fourth-order valence-electron chi connectivity index (χ4n) is 4.10. The van der Waals surface area contributed by atoms with E-state index in [2.05, 4.69) is 24.1 Å². The molecule has 0 spiro atoms. The van der Waals surface area contributed by atoms with Crippen LogP contribution in [0.25, 0.3) is 0 Å². The molecule has 1 saturated carbocycles. The van der Waals surface area contributed by atoms with Crippen LogP contribution in [-0.4, -0.2) is 36.0 Å². The van der Waals surface area contributed by atoms with E-state index in [1.807, 2.05) is 7.05 Å². The monoisotopic (exact) mass is 266 g/mol. The van der Waals surface area contributed by atoms with E-state index in [4.69, 9.17) is 0 Å². The van der Waals surface area contributed by atoms with Crippen molar-refractivity contribution >= 4 is 5.91 Å². The van der Waals surface area contributed by atoms with Gasteiger partial charge in [-0.15, -0.1) is 0 Å². The minimum Gasteiger partial charge on any atom is -0.341 e. The first kappa shape index (κ1) is 14.8. The normalized spacial score (nSPS) is 35.3. The molecule has 1 aliphatic heterocycles. The summed E-state index contributed by atoms with van der Waals surface area (Å²) in [4.78, 5) is 15.0. The van der Waals surface area contributed by atoms with Crippen LogP contribution in [0, 0.1) is 5.92 Å². The minimum atomic E-state index is -0.249. The number of hydrogen-bond donors (Lipinski definition) is 1. The molecule has 1 saturated heterocycles. The Morgan fingerprint density at radius 1 is 1.32 bits per heavy atom. The van der Waals surface area contributed by atoms with Gasteiger partial charge in [0.05, 0.1) is 5.54 Å². The molecule has 2 rings (SSSR count). The molecule has 2 aliphatic rings. The van der Waals surface area contributed by atoms with Crippen molar-refractivity contribution < 1.29 is 4.79 Å². The standard InChI is InChI=1S/C16H30N2O/c1-4-10-16(11-7-12-17-16)15(19)18(3)14-9-6-5-8-13(14)2/h13-14,17H,4-12H2,1-3H3. The van der Waals surface area contributed by atoms with E-state index in [0.29, 0.717) is 17.9 Å². The zero-order chi connectivity index (χ0) is 13.9. The SMILES string of the molecule is CCCC1(C(=O)N(C)C2CCCCC2C)CCCN1. The van der Waals surface area contributed by atoms with Gasteiger partial charge in [0.15, 0.2) is 0 Å². The smallest absolute Gasteiger partial charge is 0.242 e. The van der Waals surface area contributed by atoms with Gasteiger partial charge in [-0.3, -0.25) is 4.79 Å². The molecule has 1 heterocycles. The van der Waals surface area contributed by atoms with Crippen LogP contribution in [0.1, 0.15) is 65.2 Å². The number of nitrogens with one attached hydrogen (secondary N) is 1. The maximum atomic E-state index is 13.0. The number of amides is 1. The van der Waals surface area contributed by atoms with Gasteiger partial charge in [0, 0.05) is 13.1 Å². The molecule has 0 bridgehead atoms. The first-order chi connectivity index (χ1) is 9.10. The van der Waals surface area contributed by atoms with E-state index in [-0.39, 0.29) is 5.54 Å². The Balaban J connectivity index is 2.08. The second-order valence-corrected chi connectivity index (χ2v) is 6.61. The van der Waals surface area contributed by atoms with Gasteiger partial charge in [-0.05, 0) is 44.6 Å². The summed E-state index contributed by atoms with van der Waals surface area (Å²) in [5.41, 5.74) is -0.249. The van der Waals surface area contributed by atoms with E-state index >= 15 is 0 Å². The molecule has 0 aromatic carbocycles. The number of carbonyl (C=O) groups excluding carboxylic acids is 1. The summed E-state index contributed by atoms with van der Waals surface area (Å²) < 4.78 is 0. The molecule has 3 nitrogen and oxygen atoms in total. The van der Waals surface area contributed by atoms with Crippen LogP contribution in [-0.2, 0) is 4.79 Å². The quantitative estimate of drug-likeness (QED) is 0.848. The highest BCUT2D eigenvalue weighted by molar-refractivity contribution is 5.86. The van der Waals surface area contributed by atoms with Crippen LogP contribution in [0.4, 0.5) is 0 Å². The molecule has 0 aromatic rings. The largest absolute Gasteiger partial charge is 0.341 e. The van der Waals surface area contributed by atoms with Gasteiger partial charge in [-0.1, -0.05) is 33.1 Å². The lowest BCUT2D eigenvalue weighted by atomic mass is 9.83. The van der Waals surface area contributed by atoms with Crippen LogP contribution < -0.4 is 5.32 Å². The third-order valence-electron chi connectivity index (χ3n) is 5.21. The Morgan fingerprint density at radius 2 is 2.05 bits per heavy atom. The molecule has 1 aliphatic carbocycles. The average molecular weight is 266 g/mol. The molecule has 110 valence electrons. The van der Waals surface area contributed by atoms with Crippen molar-refractivity contribution in [1.82, 2.24) is 10.2 Å². The predicted octanol–water partition coefficient (Wildman–Crippen LogP) is 2.95. The van der Waals surface area contributed by atoms with Crippen LogP contribution >= 0.6 is 0 Å². The molecule has 3 heteroatoms.